The maximum absolute atomic E-state index is 13.7. The predicted molar refractivity (Wildman–Crippen MR) is 59.5 cm³/mol. The van der Waals surface area contributed by atoms with Crippen molar-refractivity contribution in [3.63, 3.8) is 0 Å². The Balaban J connectivity index is 3.26. The third-order valence-corrected chi connectivity index (χ3v) is 2.88. The van der Waals surface area contributed by atoms with Gasteiger partial charge in [0, 0.05) is 11.6 Å². The molecular formula is C10H13BrFNO2. The van der Waals surface area contributed by atoms with Crippen molar-refractivity contribution in [1.82, 2.24) is 0 Å². The van der Waals surface area contributed by atoms with Crippen LogP contribution in [0.3, 0.4) is 0 Å². The van der Waals surface area contributed by atoms with Crippen LogP contribution in [0.15, 0.2) is 10.5 Å². The fourth-order valence-electron chi connectivity index (χ4n) is 1.47. The Hall–Kier alpha value is -0.810. The quantitative estimate of drug-likeness (QED) is 0.744. The summed E-state index contributed by atoms with van der Waals surface area (Å²) in [7, 11) is 0. The molecule has 84 valence electrons. The van der Waals surface area contributed by atoms with Crippen molar-refractivity contribution in [2.75, 3.05) is 6.54 Å². The molecule has 0 radical (unpaired) electrons. The molecular weight excluding hydrogens is 265 g/mol. The van der Waals surface area contributed by atoms with Gasteiger partial charge in [-0.05, 0) is 34.8 Å². The molecule has 0 saturated heterocycles. The highest BCUT2D eigenvalue weighted by Gasteiger charge is 2.20. The largest absolute Gasteiger partial charge is 0.504 e. The average Bonchev–Trinajstić information content (AvgIpc) is 2.16. The van der Waals surface area contributed by atoms with Crippen LogP contribution in [-0.4, -0.2) is 16.8 Å². The smallest absolute Gasteiger partial charge is 0.163 e. The predicted octanol–water partition coefficient (Wildman–Crippen LogP) is 2.45. The molecule has 0 spiro atoms. The summed E-state index contributed by atoms with van der Waals surface area (Å²) >= 11 is 2.97. The molecule has 0 amide bonds. The second kappa shape index (κ2) is 4.81. The van der Waals surface area contributed by atoms with Crippen molar-refractivity contribution >= 4 is 15.9 Å². The van der Waals surface area contributed by atoms with Gasteiger partial charge < -0.3 is 15.9 Å². The molecule has 0 heterocycles. The van der Waals surface area contributed by atoms with E-state index in [1.165, 1.54) is 0 Å². The van der Waals surface area contributed by atoms with Crippen molar-refractivity contribution in [1.29, 1.82) is 0 Å². The number of benzene rings is 1. The molecule has 0 aliphatic heterocycles. The van der Waals surface area contributed by atoms with Crippen LogP contribution in [0, 0.1) is 5.82 Å². The van der Waals surface area contributed by atoms with Crippen molar-refractivity contribution in [3.8, 4) is 11.5 Å². The van der Waals surface area contributed by atoms with Gasteiger partial charge in [-0.2, -0.15) is 0 Å². The Morgan fingerprint density at radius 3 is 2.67 bits per heavy atom. The number of nitrogens with two attached hydrogens (primary N) is 1. The van der Waals surface area contributed by atoms with Crippen molar-refractivity contribution in [2.45, 2.75) is 19.3 Å². The third-order valence-electron chi connectivity index (χ3n) is 2.30. The Morgan fingerprint density at radius 2 is 2.13 bits per heavy atom. The minimum atomic E-state index is -0.550. The number of phenols is 2. The summed E-state index contributed by atoms with van der Waals surface area (Å²) in [4.78, 5) is 0. The highest BCUT2D eigenvalue weighted by Crippen LogP contribution is 2.40. The van der Waals surface area contributed by atoms with E-state index in [4.69, 9.17) is 5.73 Å². The van der Waals surface area contributed by atoms with Gasteiger partial charge in [-0.15, -0.1) is 0 Å². The molecule has 1 unspecified atom stereocenters. The van der Waals surface area contributed by atoms with E-state index < -0.39 is 11.6 Å². The normalized spacial score (nSPS) is 12.8. The van der Waals surface area contributed by atoms with Crippen LogP contribution in [0.25, 0.3) is 0 Å². The molecule has 1 aromatic rings. The molecule has 3 nitrogen and oxygen atoms in total. The lowest BCUT2D eigenvalue weighted by Crippen LogP contribution is -2.06. The fraction of sp³-hybridized carbons (Fsp3) is 0.400. The lowest BCUT2D eigenvalue weighted by molar-refractivity contribution is 0.388. The van der Waals surface area contributed by atoms with Crippen LogP contribution >= 0.6 is 15.9 Å². The molecule has 15 heavy (non-hydrogen) atoms. The van der Waals surface area contributed by atoms with E-state index in [0.29, 0.717) is 13.0 Å². The molecule has 0 fully saturated rings. The van der Waals surface area contributed by atoms with Gasteiger partial charge in [0.1, 0.15) is 5.82 Å². The number of aromatic hydroxyl groups is 2. The number of hydrogen-bond acceptors (Lipinski definition) is 3. The maximum atomic E-state index is 13.7. The zero-order valence-corrected chi connectivity index (χ0v) is 9.88. The van der Waals surface area contributed by atoms with Gasteiger partial charge in [-0.1, -0.05) is 6.92 Å². The van der Waals surface area contributed by atoms with Crippen molar-refractivity contribution in [2.24, 2.45) is 5.73 Å². The summed E-state index contributed by atoms with van der Waals surface area (Å²) < 4.78 is 13.8. The minimum absolute atomic E-state index is 0.104. The standard InChI is InChI=1S/C10H13BrFNO2/c1-5(2-3-13)8-9(12)6(11)4-7(14)10(8)15/h4-5,14-15H,2-3,13H2,1H3. The van der Waals surface area contributed by atoms with E-state index >= 15 is 0 Å². The molecule has 0 aromatic heterocycles. The van der Waals surface area contributed by atoms with Crippen molar-refractivity contribution in [3.05, 3.63) is 21.9 Å². The first-order valence-electron chi connectivity index (χ1n) is 4.59. The second-order valence-electron chi connectivity index (χ2n) is 3.43. The monoisotopic (exact) mass is 277 g/mol. The highest BCUT2D eigenvalue weighted by molar-refractivity contribution is 9.10. The SMILES string of the molecule is CC(CCN)c1c(O)c(O)cc(Br)c1F. The molecule has 0 aliphatic rings. The summed E-state index contributed by atoms with van der Waals surface area (Å²) in [5.74, 6) is -1.52. The zero-order chi connectivity index (χ0) is 11.6. The van der Waals surface area contributed by atoms with E-state index in [2.05, 4.69) is 15.9 Å². The van der Waals surface area contributed by atoms with E-state index in [-0.39, 0.29) is 21.7 Å². The third kappa shape index (κ3) is 2.41. The van der Waals surface area contributed by atoms with Crippen LogP contribution in [0.2, 0.25) is 0 Å². The van der Waals surface area contributed by atoms with E-state index in [1.807, 2.05) is 0 Å². The highest BCUT2D eigenvalue weighted by atomic mass is 79.9. The summed E-state index contributed by atoms with van der Waals surface area (Å²) in [6, 6.07) is 1.13. The van der Waals surface area contributed by atoms with Gasteiger partial charge in [-0.3, -0.25) is 0 Å². The molecule has 1 rings (SSSR count). The first-order chi connectivity index (χ1) is 6.99. The Labute approximate surface area is 95.9 Å². The van der Waals surface area contributed by atoms with E-state index in [0.717, 1.165) is 6.07 Å². The lowest BCUT2D eigenvalue weighted by Gasteiger charge is -2.15. The van der Waals surface area contributed by atoms with E-state index in [1.54, 1.807) is 6.92 Å². The van der Waals surface area contributed by atoms with Crippen LogP contribution < -0.4 is 5.73 Å². The van der Waals surface area contributed by atoms with Gasteiger partial charge in [0.25, 0.3) is 0 Å². The molecule has 0 saturated carbocycles. The van der Waals surface area contributed by atoms with Crippen LogP contribution in [0.5, 0.6) is 11.5 Å². The van der Waals surface area contributed by atoms with Gasteiger partial charge in [0.15, 0.2) is 11.5 Å². The summed E-state index contributed by atoms with van der Waals surface area (Å²) in [5, 5.41) is 18.9. The zero-order valence-electron chi connectivity index (χ0n) is 8.30. The van der Waals surface area contributed by atoms with Gasteiger partial charge in [-0.25, -0.2) is 4.39 Å². The van der Waals surface area contributed by atoms with Crippen LogP contribution in [-0.2, 0) is 0 Å². The van der Waals surface area contributed by atoms with Crippen molar-refractivity contribution < 1.29 is 14.6 Å². The number of rotatable bonds is 3. The Kier molecular flexibility index (Phi) is 3.93. The number of hydrogen-bond donors (Lipinski definition) is 3. The first-order valence-corrected chi connectivity index (χ1v) is 5.38. The van der Waals surface area contributed by atoms with E-state index in [9.17, 15) is 14.6 Å². The van der Waals surface area contributed by atoms with Crippen LogP contribution in [0.4, 0.5) is 4.39 Å². The fourth-order valence-corrected chi connectivity index (χ4v) is 1.90. The summed E-state index contributed by atoms with van der Waals surface area (Å²) in [5.41, 5.74) is 5.47. The molecule has 0 aliphatic carbocycles. The Morgan fingerprint density at radius 1 is 1.53 bits per heavy atom. The van der Waals surface area contributed by atoms with Crippen LogP contribution in [0.1, 0.15) is 24.8 Å². The van der Waals surface area contributed by atoms with Gasteiger partial charge >= 0.3 is 0 Å². The Bertz CT molecular complexity index is 345. The molecule has 1 atom stereocenters. The van der Waals surface area contributed by atoms with Gasteiger partial charge in [0.2, 0.25) is 0 Å². The first kappa shape index (κ1) is 12.3. The summed E-state index contributed by atoms with van der Waals surface area (Å²) in [6.45, 7) is 2.14. The maximum Gasteiger partial charge on any atom is 0.163 e. The average molecular weight is 278 g/mol. The number of phenolic OH excluding ortho intramolecular Hbond substituents is 2. The summed E-state index contributed by atoms with van der Waals surface area (Å²) in [6.07, 6.45) is 0.542. The van der Waals surface area contributed by atoms with Gasteiger partial charge in [0.05, 0.1) is 4.47 Å². The molecule has 0 bridgehead atoms. The topological polar surface area (TPSA) is 66.5 Å². The number of halogens is 2. The minimum Gasteiger partial charge on any atom is -0.504 e. The lowest BCUT2D eigenvalue weighted by atomic mass is 9.96. The molecule has 1 aromatic carbocycles. The molecule has 5 heteroatoms. The molecule has 4 N–H and O–H groups in total. The second-order valence-corrected chi connectivity index (χ2v) is 4.29.